The number of hydrogen-bond acceptors (Lipinski definition) is 1. The van der Waals surface area contributed by atoms with Crippen LogP contribution in [0.3, 0.4) is 0 Å². The van der Waals surface area contributed by atoms with Crippen LogP contribution in [-0.4, -0.2) is 13.1 Å². The van der Waals surface area contributed by atoms with E-state index in [9.17, 15) is 0 Å². The standard InChI is InChI=1S/C21H29N.2C2H6/c1-14-7-15(2)9-19(8-14)13-21-16(3)10-20(11-17(21)4)12-18(5)22-6;2*1-2/h7-11,18,22H,12-13H2,1-6H3;2*1-2H3. The van der Waals surface area contributed by atoms with Crippen LogP contribution >= 0.6 is 0 Å². The molecule has 0 radical (unpaired) electrons. The van der Waals surface area contributed by atoms with Gasteiger partial charge in [0.15, 0.2) is 0 Å². The van der Waals surface area contributed by atoms with E-state index in [-0.39, 0.29) is 0 Å². The predicted octanol–water partition coefficient (Wildman–Crippen LogP) is 6.71. The lowest BCUT2D eigenvalue weighted by Gasteiger charge is -2.16. The fourth-order valence-electron chi connectivity index (χ4n) is 3.31. The van der Waals surface area contributed by atoms with Crippen LogP contribution in [-0.2, 0) is 12.8 Å². The molecule has 0 amide bonds. The first-order valence-corrected chi connectivity index (χ1v) is 10.2. The molecule has 0 saturated carbocycles. The van der Waals surface area contributed by atoms with Gasteiger partial charge in [-0.25, -0.2) is 0 Å². The topological polar surface area (TPSA) is 12.0 Å². The van der Waals surface area contributed by atoms with E-state index in [2.05, 4.69) is 70.3 Å². The molecule has 2 aromatic carbocycles. The van der Waals surface area contributed by atoms with Crippen LogP contribution in [0.2, 0.25) is 0 Å². The average Bonchev–Trinajstić information content (AvgIpc) is 2.61. The highest BCUT2D eigenvalue weighted by Gasteiger charge is 2.09. The van der Waals surface area contributed by atoms with E-state index >= 15 is 0 Å². The summed E-state index contributed by atoms with van der Waals surface area (Å²) in [6, 6.07) is 12.1. The van der Waals surface area contributed by atoms with Gasteiger partial charge in [0.05, 0.1) is 0 Å². The maximum absolute atomic E-state index is 3.32. The number of hydrogen-bond donors (Lipinski definition) is 1. The molecule has 0 aliphatic heterocycles. The Labute approximate surface area is 163 Å². The number of benzene rings is 2. The van der Waals surface area contributed by atoms with Crippen molar-refractivity contribution in [3.05, 3.63) is 69.3 Å². The van der Waals surface area contributed by atoms with Crippen LogP contribution < -0.4 is 5.32 Å². The van der Waals surface area contributed by atoms with Gasteiger partial charge >= 0.3 is 0 Å². The zero-order valence-electron chi connectivity index (χ0n) is 18.9. The Morgan fingerprint density at radius 3 is 1.62 bits per heavy atom. The summed E-state index contributed by atoms with van der Waals surface area (Å²) in [7, 11) is 2.03. The summed E-state index contributed by atoms with van der Waals surface area (Å²) in [6.07, 6.45) is 2.12. The smallest absolute Gasteiger partial charge is 0.00761 e. The van der Waals surface area contributed by atoms with Crippen molar-refractivity contribution in [2.75, 3.05) is 7.05 Å². The van der Waals surface area contributed by atoms with Gasteiger partial charge in [-0.3, -0.25) is 0 Å². The first-order chi connectivity index (χ1) is 12.4. The highest BCUT2D eigenvalue weighted by Crippen LogP contribution is 2.22. The molecule has 1 unspecified atom stereocenters. The van der Waals surface area contributed by atoms with Crippen molar-refractivity contribution in [3.63, 3.8) is 0 Å². The second-order valence-electron chi connectivity index (χ2n) is 6.77. The van der Waals surface area contributed by atoms with Gasteiger partial charge in [-0.15, -0.1) is 0 Å². The zero-order chi connectivity index (χ0) is 20.3. The van der Waals surface area contributed by atoms with Crippen LogP contribution in [0.5, 0.6) is 0 Å². The minimum Gasteiger partial charge on any atom is -0.317 e. The third-order valence-corrected chi connectivity index (χ3v) is 4.45. The molecule has 1 heteroatoms. The average molecular weight is 356 g/mol. The number of likely N-dealkylation sites (N-methyl/N-ethyl adjacent to an activating group) is 1. The van der Waals surface area contributed by atoms with Gasteiger partial charge < -0.3 is 5.32 Å². The minimum absolute atomic E-state index is 0.518. The van der Waals surface area contributed by atoms with E-state index in [0.717, 1.165) is 12.8 Å². The molecule has 0 spiro atoms. The second-order valence-corrected chi connectivity index (χ2v) is 6.77. The predicted molar refractivity (Wildman–Crippen MR) is 120 cm³/mol. The Bertz CT molecular complexity index is 612. The van der Waals surface area contributed by atoms with Crippen molar-refractivity contribution in [1.29, 1.82) is 0 Å². The lowest BCUT2D eigenvalue weighted by molar-refractivity contribution is 0.608. The van der Waals surface area contributed by atoms with Crippen molar-refractivity contribution in [2.45, 2.75) is 81.2 Å². The van der Waals surface area contributed by atoms with Gasteiger partial charge in [0.1, 0.15) is 0 Å². The van der Waals surface area contributed by atoms with E-state index in [1.54, 1.807) is 0 Å². The van der Waals surface area contributed by atoms with Crippen LogP contribution in [0.15, 0.2) is 30.3 Å². The summed E-state index contributed by atoms with van der Waals surface area (Å²) in [5.74, 6) is 0. The second kappa shape index (κ2) is 12.7. The molecule has 0 fully saturated rings. The van der Waals surface area contributed by atoms with Gasteiger partial charge in [0, 0.05) is 6.04 Å². The quantitative estimate of drug-likeness (QED) is 0.628. The molecule has 1 atom stereocenters. The highest BCUT2D eigenvalue weighted by atomic mass is 14.8. The van der Waals surface area contributed by atoms with Crippen LogP contribution in [0, 0.1) is 27.7 Å². The molecule has 0 aliphatic rings. The van der Waals surface area contributed by atoms with Crippen molar-refractivity contribution in [1.82, 2.24) is 5.32 Å². The summed E-state index contributed by atoms with van der Waals surface area (Å²) in [5.41, 5.74) is 9.86. The lowest BCUT2D eigenvalue weighted by atomic mass is 9.91. The Morgan fingerprint density at radius 1 is 0.731 bits per heavy atom. The zero-order valence-corrected chi connectivity index (χ0v) is 18.9. The van der Waals surface area contributed by atoms with Gasteiger partial charge in [0.2, 0.25) is 0 Å². The fraction of sp³-hybridized carbons (Fsp3) is 0.520. The largest absolute Gasteiger partial charge is 0.317 e. The van der Waals surface area contributed by atoms with E-state index < -0.39 is 0 Å². The molecular weight excluding hydrogens is 314 g/mol. The minimum atomic E-state index is 0.518. The van der Waals surface area contributed by atoms with Gasteiger partial charge in [-0.1, -0.05) is 69.2 Å². The molecule has 0 heterocycles. The highest BCUT2D eigenvalue weighted by molar-refractivity contribution is 5.42. The third-order valence-electron chi connectivity index (χ3n) is 4.45. The van der Waals surface area contributed by atoms with E-state index in [1.807, 2.05) is 34.7 Å². The summed E-state index contributed by atoms with van der Waals surface area (Å²) >= 11 is 0. The normalized spacial score (nSPS) is 11.0. The van der Waals surface area contributed by atoms with Crippen LogP contribution in [0.25, 0.3) is 0 Å². The van der Waals surface area contributed by atoms with Crippen molar-refractivity contribution >= 4 is 0 Å². The Morgan fingerprint density at radius 2 is 1.19 bits per heavy atom. The first kappa shape index (κ1) is 24.4. The third kappa shape index (κ3) is 7.74. The molecule has 26 heavy (non-hydrogen) atoms. The summed E-state index contributed by atoms with van der Waals surface area (Å²) < 4.78 is 0. The molecule has 0 aromatic heterocycles. The van der Waals surface area contributed by atoms with Gasteiger partial charge in [-0.05, 0) is 82.3 Å². The van der Waals surface area contributed by atoms with E-state index in [1.165, 1.54) is 38.9 Å². The Kier molecular flexibility index (Phi) is 11.9. The fourth-order valence-corrected chi connectivity index (χ4v) is 3.31. The lowest BCUT2D eigenvalue weighted by Crippen LogP contribution is -2.23. The maximum atomic E-state index is 3.32. The molecule has 1 N–H and O–H groups in total. The van der Waals surface area contributed by atoms with Crippen molar-refractivity contribution in [2.24, 2.45) is 0 Å². The summed E-state index contributed by atoms with van der Waals surface area (Å²) in [5, 5.41) is 3.32. The molecule has 0 bridgehead atoms. The molecule has 2 aromatic rings. The van der Waals surface area contributed by atoms with E-state index in [0.29, 0.717) is 6.04 Å². The molecule has 2 rings (SSSR count). The van der Waals surface area contributed by atoms with Crippen LogP contribution in [0.4, 0.5) is 0 Å². The Hall–Kier alpha value is -1.60. The monoisotopic (exact) mass is 355 g/mol. The van der Waals surface area contributed by atoms with Gasteiger partial charge in [-0.2, -0.15) is 0 Å². The van der Waals surface area contributed by atoms with Crippen molar-refractivity contribution in [3.8, 4) is 0 Å². The summed E-state index contributed by atoms with van der Waals surface area (Å²) in [4.78, 5) is 0. The summed E-state index contributed by atoms with van der Waals surface area (Å²) in [6.45, 7) is 19.1. The maximum Gasteiger partial charge on any atom is 0.00761 e. The number of rotatable bonds is 5. The molecule has 1 nitrogen and oxygen atoms in total. The number of nitrogens with one attached hydrogen (secondary N) is 1. The molecule has 0 aliphatic carbocycles. The van der Waals surface area contributed by atoms with E-state index in [4.69, 9.17) is 0 Å². The van der Waals surface area contributed by atoms with Crippen molar-refractivity contribution < 1.29 is 0 Å². The molecular formula is C25H41N. The van der Waals surface area contributed by atoms with Gasteiger partial charge in [0.25, 0.3) is 0 Å². The molecule has 146 valence electrons. The van der Waals surface area contributed by atoms with Crippen LogP contribution in [0.1, 0.15) is 73.6 Å². The molecule has 0 saturated heterocycles. The number of aryl methyl sites for hydroxylation is 4. The first-order valence-electron chi connectivity index (χ1n) is 10.2. The Balaban J connectivity index is 0.00000146. The SMILES string of the molecule is CC.CC.CNC(C)Cc1cc(C)c(Cc2cc(C)cc(C)c2)c(C)c1.